The first kappa shape index (κ1) is 20.9. The number of aliphatic hydroxyl groups is 1. The zero-order valence-electron chi connectivity index (χ0n) is 14.7. The van der Waals surface area contributed by atoms with Gasteiger partial charge in [0.1, 0.15) is 0 Å². The number of halogens is 3. The quantitative estimate of drug-likeness (QED) is 0.465. The van der Waals surface area contributed by atoms with E-state index in [0.29, 0.717) is 56.7 Å². The summed E-state index contributed by atoms with van der Waals surface area (Å²) in [5.74, 6) is 0.601. The summed E-state index contributed by atoms with van der Waals surface area (Å²) in [4.78, 5) is 8.19. The zero-order chi connectivity index (χ0) is 19.0. The molecule has 0 amide bonds. The molecule has 0 aromatic carbocycles. The Hall–Kier alpha value is -1.39. The van der Waals surface area contributed by atoms with Crippen molar-refractivity contribution in [2.24, 2.45) is 10.4 Å². The summed E-state index contributed by atoms with van der Waals surface area (Å²) < 4.78 is 43.2. The van der Waals surface area contributed by atoms with Crippen LogP contribution in [0.15, 0.2) is 10.4 Å². The standard InChI is InChI=1S/C16H25F3N4O2S/c1-2-20-14(22-10-15(4-7-24)5-8-25-11-15)21-6-3-13-23-12(9-26-13)16(17,18)19/h9,24H,2-8,10-11H2,1H3,(H2,20,21,22). The molecule has 3 N–H and O–H groups in total. The lowest BCUT2D eigenvalue weighted by atomic mass is 9.84. The summed E-state index contributed by atoms with van der Waals surface area (Å²) in [6.45, 7) is 4.91. The van der Waals surface area contributed by atoms with Gasteiger partial charge in [-0.15, -0.1) is 11.3 Å². The number of hydrogen-bond acceptors (Lipinski definition) is 5. The van der Waals surface area contributed by atoms with Crippen LogP contribution < -0.4 is 10.6 Å². The van der Waals surface area contributed by atoms with E-state index in [1.165, 1.54) is 0 Å². The van der Waals surface area contributed by atoms with Crippen LogP contribution in [0.1, 0.15) is 30.5 Å². The van der Waals surface area contributed by atoms with Crippen LogP contribution in [0.4, 0.5) is 13.2 Å². The molecule has 1 aliphatic rings. The second-order valence-corrected chi connectivity index (χ2v) is 7.22. The van der Waals surface area contributed by atoms with Gasteiger partial charge >= 0.3 is 6.18 Å². The number of rotatable bonds is 8. The number of ether oxygens (including phenoxy) is 1. The van der Waals surface area contributed by atoms with Crippen molar-refractivity contribution in [3.8, 4) is 0 Å². The SMILES string of the molecule is CCNC(=NCC1(CCO)CCOC1)NCCc1nc(C(F)(F)F)cs1. The summed E-state index contributed by atoms with van der Waals surface area (Å²) in [5.41, 5.74) is -0.987. The van der Waals surface area contributed by atoms with Crippen LogP contribution in [0.25, 0.3) is 0 Å². The van der Waals surface area contributed by atoms with E-state index in [1.54, 1.807) is 0 Å². The van der Waals surface area contributed by atoms with Gasteiger partial charge in [0, 0.05) is 43.5 Å². The highest BCUT2D eigenvalue weighted by Crippen LogP contribution is 2.32. The number of alkyl halides is 3. The molecule has 1 aliphatic heterocycles. The normalized spacial score (nSPS) is 21.2. The monoisotopic (exact) mass is 394 g/mol. The predicted octanol–water partition coefficient (Wildman–Crippen LogP) is 2.05. The van der Waals surface area contributed by atoms with E-state index in [2.05, 4.69) is 20.6 Å². The van der Waals surface area contributed by atoms with Crippen LogP contribution in [-0.2, 0) is 17.3 Å². The van der Waals surface area contributed by atoms with Gasteiger partial charge in [0.2, 0.25) is 0 Å². The average molecular weight is 394 g/mol. The first-order valence-corrected chi connectivity index (χ1v) is 9.49. The molecule has 0 aliphatic carbocycles. The lowest BCUT2D eigenvalue weighted by molar-refractivity contribution is -0.140. The van der Waals surface area contributed by atoms with E-state index in [0.717, 1.165) is 23.1 Å². The molecule has 26 heavy (non-hydrogen) atoms. The van der Waals surface area contributed by atoms with Gasteiger partial charge in [0.15, 0.2) is 11.7 Å². The molecule has 148 valence electrons. The number of aromatic nitrogens is 1. The van der Waals surface area contributed by atoms with Crippen LogP contribution >= 0.6 is 11.3 Å². The molecule has 1 saturated heterocycles. The van der Waals surface area contributed by atoms with Gasteiger partial charge in [-0.3, -0.25) is 4.99 Å². The highest BCUT2D eigenvalue weighted by molar-refractivity contribution is 7.09. The van der Waals surface area contributed by atoms with Crippen molar-refractivity contribution in [1.82, 2.24) is 15.6 Å². The molecule has 6 nitrogen and oxygen atoms in total. The van der Waals surface area contributed by atoms with Crippen molar-refractivity contribution < 1.29 is 23.0 Å². The summed E-state index contributed by atoms with van der Waals surface area (Å²) in [7, 11) is 0. The van der Waals surface area contributed by atoms with Crippen molar-refractivity contribution in [3.05, 3.63) is 16.1 Å². The summed E-state index contributed by atoms with van der Waals surface area (Å²) >= 11 is 1.01. The minimum absolute atomic E-state index is 0.0917. The zero-order valence-corrected chi connectivity index (χ0v) is 15.5. The van der Waals surface area contributed by atoms with Crippen molar-refractivity contribution in [1.29, 1.82) is 0 Å². The second-order valence-electron chi connectivity index (χ2n) is 6.27. The van der Waals surface area contributed by atoms with Gasteiger partial charge in [0.05, 0.1) is 18.2 Å². The Kier molecular flexibility index (Phi) is 7.66. The fourth-order valence-corrected chi connectivity index (χ4v) is 3.52. The molecular weight excluding hydrogens is 369 g/mol. The molecule has 2 rings (SSSR count). The first-order valence-electron chi connectivity index (χ1n) is 8.61. The van der Waals surface area contributed by atoms with E-state index in [9.17, 15) is 18.3 Å². The maximum Gasteiger partial charge on any atom is 0.434 e. The Morgan fingerprint density at radius 1 is 1.46 bits per heavy atom. The average Bonchev–Trinajstić information content (AvgIpc) is 3.23. The highest BCUT2D eigenvalue weighted by atomic mass is 32.1. The second kappa shape index (κ2) is 9.52. The highest BCUT2D eigenvalue weighted by Gasteiger charge is 2.34. The Morgan fingerprint density at radius 3 is 2.85 bits per heavy atom. The van der Waals surface area contributed by atoms with Gasteiger partial charge in [-0.05, 0) is 19.8 Å². The fourth-order valence-electron chi connectivity index (χ4n) is 2.72. The summed E-state index contributed by atoms with van der Waals surface area (Å²) in [6.07, 6.45) is -2.52. The van der Waals surface area contributed by atoms with Crippen LogP contribution in [0, 0.1) is 5.41 Å². The number of hydrogen-bond donors (Lipinski definition) is 3. The van der Waals surface area contributed by atoms with Gasteiger partial charge in [-0.1, -0.05) is 0 Å². The van der Waals surface area contributed by atoms with Crippen LogP contribution in [0.2, 0.25) is 0 Å². The first-order chi connectivity index (χ1) is 12.4. The molecule has 1 unspecified atom stereocenters. The molecule has 0 bridgehead atoms. The molecule has 1 atom stereocenters. The summed E-state index contributed by atoms with van der Waals surface area (Å²) in [6, 6.07) is 0. The van der Waals surface area contributed by atoms with Crippen molar-refractivity contribution >= 4 is 17.3 Å². The number of nitrogens with zero attached hydrogens (tertiary/aromatic N) is 2. The topological polar surface area (TPSA) is 78.8 Å². The van der Waals surface area contributed by atoms with E-state index >= 15 is 0 Å². The largest absolute Gasteiger partial charge is 0.434 e. The van der Waals surface area contributed by atoms with E-state index in [4.69, 9.17) is 4.74 Å². The molecule has 2 heterocycles. The Bertz CT molecular complexity index is 586. The lowest BCUT2D eigenvalue weighted by Gasteiger charge is -2.24. The van der Waals surface area contributed by atoms with Gasteiger partial charge in [-0.25, -0.2) is 4.98 Å². The molecular formula is C16H25F3N4O2S. The fraction of sp³-hybridized carbons (Fsp3) is 0.750. The van der Waals surface area contributed by atoms with Crippen molar-refractivity contribution in [3.63, 3.8) is 0 Å². The minimum atomic E-state index is -4.40. The summed E-state index contributed by atoms with van der Waals surface area (Å²) in [5, 5.41) is 17.0. The maximum absolute atomic E-state index is 12.6. The number of nitrogens with one attached hydrogen (secondary N) is 2. The molecule has 1 aromatic rings. The Labute approximate surface area is 154 Å². The van der Waals surface area contributed by atoms with E-state index in [1.807, 2.05) is 6.92 Å². The molecule has 10 heteroatoms. The molecule has 0 spiro atoms. The van der Waals surface area contributed by atoms with Gasteiger partial charge in [0.25, 0.3) is 0 Å². The number of thiazole rings is 1. The third-order valence-corrected chi connectivity index (χ3v) is 5.13. The van der Waals surface area contributed by atoms with Crippen LogP contribution in [0.3, 0.4) is 0 Å². The maximum atomic E-state index is 12.6. The predicted molar refractivity (Wildman–Crippen MR) is 94.4 cm³/mol. The third kappa shape index (κ3) is 6.10. The Morgan fingerprint density at radius 2 is 2.27 bits per heavy atom. The number of aliphatic imine (C=N–C) groups is 1. The third-order valence-electron chi connectivity index (χ3n) is 4.22. The smallest absolute Gasteiger partial charge is 0.396 e. The van der Waals surface area contributed by atoms with Crippen LogP contribution in [-0.4, -0.2) is 55.5 Å². The van der Waals surface area contributed by atoms with E-state index < -0.39 is 11.9 Å². The van der Waals surface area contributed by atoms with Gasteiger partial charge in [-0.2, -0.15) is 13.2 Å². The molecule has 1 aromatic heterocycles. The number of guanidine groups is 1. The minimum Gasteiger partial charge on any atom is -0.396 e. The van der Waals surface area contributed by atoms with Crippen molar-refractivity contribution in [2.75, 3.05) is 39.5 Å². The Balaban J connectivity index is 1.88. The molecule has 1 fully saturated rings. The van der Waals surface area contributed by atoms with Gasteiger partial charge < -0.3 is 20.5 Å². The van der Waals surface area contributed by atoms with Crippen LogP contribution in [0.5, 0.6) is 0 Å². The molecule has 0 radical (unpaired) electrons. The number of aliphatic hydroxyl groups excluding tert-OH is 1. The molecule has 0 saturated carbocycles. The van der Waals surface area contributed by atoms with E-state index in [-0.39, 0.29) is 12.0 Å². The lowest BCUT2D eigenvalue weighted by Crippen LogP contribution is -2.39. The van der Waals surface area contributed by atoms with Crippen molar-refractivity contribution in [2.45, 2.75) is 32.4 Å².